The monoisotopic (exact) mass is 261 g/mol. The van der Waals surface area contributed by atoms with Crippen molar-refractivity contribution < 1.29 is 9.90 Å². The third-order valence-corrected chi connectivity index (χ3v) is 2.87. The molecule has 19 heavy (non-hydrogen) atoms. The Hall–Kier alpha value is -1.85. The van der Waals surface area contributed by atoms with Gasteiger partial charge in [-0.15, -0.1) is 0 Å². The summed E-state index contributed by atoms with van der Waals surface area (Å²) in [5, 5.41) is 15.9. The van der Waals surface area contributed by atoms with Crippen LogP contribution in [0.4, 0.5) is 0 Å². The molecule has 0 bridgehead atoms. The van der Waals surface area contributed by atoms with Crippen LogP contribution in [0.5, 0.6) is 0 Å². The van der Waals surface area contributed by atoms with Crippen LogP contribution in [0.25, 0.3) is 10.9 Å². The molecule has 0 aliphatic carbocycles. The van der Waals surface area contributed by atoms with E-state index in [1.54, 1.807) is 6.92 Å². The number of carbonyl (C=O) groups excluding carboxylic acids is 1. The Morgan fingerprint density at radius 3 is 3.00 bits per heavy atom. The number of H-pyrrole nitrogens is 1. The maximum atomic E-state index is 12.1. The summed E-state index contributed by atoms with van der Waals surface area (Å²) < 4.78 is 0. The second kappa shape index (κ2) is 6.36. The van der Waals surface area contributed by atoms with Gasteiger partial charge >= 0.3 is 0 Å². The van der Waals surface area contributed by atoms with Crippen molar-refractivity contribution in [1.82, 2.24) is 15.6 Å². The predicted octanol–water partition coefficient (Wildman–Crippen LogP) is 0.868. The Labute approximate surface area is 112 Å². The predicted molar refractivity (Wildman–Crippen MR) is 75.2 cm³/mol. The number of rotatable bonds is 6. The van der Waals surface area contributed by atoms with E-state index >= 15 is 0 Å². The zero-order chi connectivity index (χ0) is 13.7. The summed E-state index contributed by atoms with van der Waals surface area (Å²) in [6.45, 7) is 3.42. The van der Waals surface area contributed by atoms with Crippen molar-refractivity contribution in [3.05, 3.63) is 36.0 Å². The van der Waals surface area contributed by atoms with E-state index in [0.717, 1.165) is 10.9 Å². The maximum absolute atomic E-state index is 12.1. The molecule has 2 rings (SSSR count). The molecule has 5 heteroatoms. The molecule has 0 saturated heterocycles. The van der Waals surface area contributed by atoms with Gasteiger partial charge in [0.05, 0.1) is 6.10 Å². The molecule has 4 N–H and O–H groups in total. The molecule has 0 fully saturated rings. The van der Waals surface area contributed by atoms with Crippen LogP contribution < -0.4 is 10.6 Å². The fraction of sp³-hybridized carbons (Fsp3) is 0.357. The molecule has 0 spiro atoms. The second-order valence-corrected chi connectivity index (χ2v) is 4.55. The highest BCUT2D eigenvalue weighted by Gasteiger charge is 2.09. The zero-order valence-corrected chi connectivity index (χ0v) is 10.9. The highest BCUT2D eigenvalue weighted by molar-refractivity contribution is 6.06. The van der Waals surface area contributed by atoms with Gasteiger partial charge in [0.2, 0.25) is 0 Å². The van der Waals surface area contributed by atoms with Gasteiger partial charge in [-0.3, -0.25) is 4.79 Å². The van der Waals surface area contributed by atoms with Crippen molar-refractivity contribution in [3.8, 4) is 0 Å². The number of carbonyl (C=O) groups is 1. The molecule has 1 unspecified atom stereocenters. The van der Waals surface area contributed by atoms with Crippen LogP contribution >= 0.6 is 0 Å². The van der Waals surface area contributed by atoms with Crippen LogP contribution in [0, 0.1) is 0 Å². The molecule has 1 amide bonds. The highest BCUT2D eigenvalue weighted by Crippen LogP contribution is 2.16. The summed E-state index contributed by atoms with van der Waals surface area (Å²) in [7, 11) is 0. The van der Waals surface area contributed by atoms with Crippen molar-refractivity contribution in [3.63, 3.8) is 0 Å². The van der Waals surface area contributed by atoms with Crippen LogP contribution in [0.1, 0.15) is 17.3 Å². The Bertz CT molecular complexity index is 548. The first kappa shape index (κ1) is 13.6. The molecule has 0 aliphatic heterocycles. The van der Waals surface area contributed by atoms with Crippen LogP contribution in [-0.2, 0) is 0 Å². The third-order valence-electron chi connectivity index (χ3n) is 2.87. The molecule has 5 nitrogen and oxygen atoms in total. The summed E-state index contributed by atoms with van der Waals surface area (Å²) in [4.78, 5) is 15.1. The van der Waals surface area contributed by atoms with Gasteiger partial charge in [0, 0.05) is 42.3 Å². The first-order valence-corrected chi connectivity index (χ1v) is 6.41. The van der Waals surface area contributed by atoms with E-state index in [-0.39, 0.29) is 12.0 Å². The van der Waals surface area contributed by atoms with Crippen molar-refractivity contribution in [2.24, 2.45) is 0 Å². The lowest BCUT2D eigenvalue weighted by Gasteiger charge is -2.08. The summed E-state index contributed by atoms with van der Waals surface area (Å²) in [5.41, 5.74) is 1.63. The summed E-state index contributed by atoms with van der Waals surface area (Å²) >= 11 is 0. The molecule has 0 aliphatic rings. The minimum atomic E-state index is -0.371. The summed E-state index contributed by atoms with van der Waals surface area (Å²) in [6.07, 6.45) is 1.45. The van der Waals surface area contributed by atoms with Crippen LogP contribution in [0.15, 0.2) is 30.5 Å². The molecule has 1 aromatic carbocycles. The average molecular weight is 261 g/mol. The van der Waals surface area contributed by atoms with E-state index in [0.29, 0.717) is 25.2 Å². The lowest BCUT2D eigenvalue weighted by molar-refractivity contribution is 0.0955. The number of benzene rings is 1. The van der Waals surface area contributed by atoms with E-state index in [1.165, 1.54) is 0 Å². The lowest BCUT2D eigenvalue weighted by atomic mass is 10.1. The fourth-order valence-corrected chi connectivity index (χ4v) is 1.95. The van der Waals surface area contributed by atoms with Gasteiger partial charge in [-0.25, -0.2) is 0 Å². The van der Waals surface area contributed by atoms with Crippen molar-refractivity contribution >= 4 is 16.8 Å². The van der Waals surface area contributed by atoms with E-state index in [4.69, 9.17) is 5.11 Å². The largest absolute Gasteiger partial charge is 0.392 e. The topological polar surface area (TPSA) is 77.2 Å². The number of aromatic nitrogens is 1. The van der Waals surface area contributed by atoms with Gasteiger partial charge in [0.1, 0.15) is 0 Å². The number of amides is 1. The van der Waals surface area contributed by atoms with E-state index in [9.17, 15) is 4.79 Å². The molecule has 102 valence electrons. The average Bonchev–Trinajstić information content (AvgIpc) is 2.85. The van der Waals surface area contributed by atoms with Gasteiger partial charge in [0.25, 0.3) is 5.91 Å². The number of aliphatic hydroxyl groups excluding tert-OH is 1. The Morgan fingerprint density at radius 1 is 1.37 bits per heavy atom. The first-order valence-electron chi connectivity index (χ1n) is 6.41. The zero-order valence-electron chi connectivity index (χ0n) is 10.9. The fourth-order valence-electron chi connectivity index (χ4n) is 1.95. The van der Waals surface area contributed by atoms with Gasteiger partial charge in [-0.2, -0.15) is 0 Å². The van der Waals surface area contributed by atoms with E-state index in [1.807, 2.05) is 30.5 Å². The number of fused-ring (bicyclic) bond motifs is 1. The molecule has 1 aromatic heterocycles. The molecular formula is C14H19N3O2. The summed E-state index contributed by atoms with van der Waals surface area (Å²) in [6, 6.07) is 7.51. The van der Waals surface area contributed by atoms with Gasteiger partial charge < -0.3 is 20.7 Å². The Balaban J connectivity index is 1.88. The standard InChI is InChI=1S/C14H19N3O2/c1-10(18)9-15-7-8-17-14(19)12-3-2-4-13-11(12)5-6-16-13/h2-6,10,15-16,18H,7-9H2,1H3,(H,17,19). The second-order valence-electron chi connectivity index (χ2n) is 4.55. The van der Waals surface area contributed by atoms with E-state index in [2.05, 4.69) is 15.6 Å². The number of hydrogen-bond acceptors (Lipinski definition) is 3. The number of hydrogen-bond donors (Lipinski definition) is 4. The van der Waals surface area contributed by atoms with Gasteiger partial charge in [0.15, 0.2) is 0 Å². The van der Waals surface area contributed by atoms with Gasteiger partial charge in [-0.1, -0.05) is 6.07 Å². The van der Waals surface area contributed by atoms with Crippen LogP contribution in [-0.4, -0.2) is 41.7 Å². The molecule has 2 aromatic rings. The number of nitrogens with one attached hydrogen (secondary N) is 3. The smallest absolute Gasteiger partial charge is 0.252 e. The maximum Gasteiger partial charge on any atom is 0.252 e. The minimum absolute atomic E-state index is 0.0796. The molecular weight excluding hydrogens is 242 g/mol. The number of aliphatic hydroxyl groups is 1. The molecule has 0 radical (unpaired) electrons. The van der Waals surface area contributed by atoms with Crippen molar-refractivity contribution in [1.29, 1.82) is 0 Å². The first-order chi connectivity index (χ1) is 9.18. The lowest BCUT2D eigenvalue weighted by Crippen LogP contribution is -2.34. The van der Waals surface area contributed by atoms with Crippen LogP contribution in [0.3, 0.4) is 0 Å². The van der Waals surface area contributed by atoms with Crippen molar-refractivity contribution in [2.45, 2.75) is 13.0 Å². The van der Waals surface area contributed by atoms with Crippen LogP contribution in [0.2, 0.25) is 0 Å². The quantitative estimate of drug-likeness (QED) is 0.583. The normalized spacial score (nSPS) is 12.5. The van der Waals surface area contributed by atoms with Gasteiger partial charge in [-0.05, 0) is 25.1 Å². The van der Waals surface area contributed by atoms with E-state index < -0.39 is 0 Å². The minimum Gasteiger partial charge on any atom is -0.392 e. The Morgan fingerprint density at radius 2 is 2.21 bits per heavy atom. The molecule has 0 saturated carbocycles. The Kier molecular flexibility index (Phi) is 4.54. The summed E-state index contributed by atoms with van der Waals surface area (Å²) in [5.74, 6) is -0.0796. The highest BCUT2D eigenvalue weighted by atomic mass is 16.3. The SMILES string of the molecule is CC(O)CNCCNC(=O)c1cccc2[nH]ccc12. The van der Waals surface area contributed by atoms with Crippen molar-refractivity contribution in [2.75, 3.05) is 19.6 Å². The third kappa shape index (κ3) is 3.56. The number of aromatic amines is 1. The molecule has 1 heterocycles. The molecule has 1 atom stereocenters.